The second-order valence-corrected chi connectivity index (χ2v) is 7.53. The standard InChI is InChI=1S/C17H21N3O4S/c1-13-3-7-16(8-4-13)25(23,24)19-10-9-18-12-15-6-5-14(2)17(11-15)20(21)22/h3-8,11,18-19H,9-10,12H2,1-2H3. The first-order chi connectivity index (χ1) is 11.8. The average molecular weight is 363 g/mol. The van der Waals surface area contributed by atoms with Gasteiger partial charge in [-0.15, -0.1) is 0 Å². The van der Waals surface area contributed by atoms with Crippen LogP contribution in [-0.4, -0.2) is 26.4 Å². The van der Waals surface area contributed by atoms with Crippen molar-refractivity contribution in [1.82, 2.24) is 10.0 Å². The highest BCUT2D eigenvalue weighted by Gasteiger charge is 2.13. The van der Waals surface area contributed by atoms with E-state index in [0.29, 0.717) is 18.7 Å². The van der Waals surface area contributed by atoms with Crippen LogP contribution in [0.1, 0.15) is 16.7 Å². The number of nitro groups is 1. The van der Waals surface area contributed by atoms with E-state index in [9.17, 15) is 18.5 Å². The third-order valence-electron chi connectivity index (χ3n) is 3.72. The molecule has 7 nitrogen and oxygen atoms in total. The number of benzene rings is 2. The number of nitro benzene ring substituents is 1. The van der Waals surface area contributed by atoms with Crippen molar-refractivity contribution in [2.24, 2.45) is 0 Å². The number of nitrogens with one attached hydrogen (secondary N) is 2. The van der Waals surface area contributed by atoms with Crippen LogP contribution in [0, 0.1) is 24.0 Å². The number of hydrogen-bond acceptors (Lipinski definition) is 5. The molecule has 0 saturated carbocycles. The second-order valence-electron chi connectivity index (χ2n) is 5.77. The molecule has 0 unspecified atom stereocenters. The number of nitrogens with zero attached hydrogens (tertiary/aromatic N) is 1. The Labute approximate surface area is 147 Å². The van der Waals surface area contributed by atoms with Gasteiger partial charge in [0.25, 0.3) is 5.69 Å². The van der Waals surface area contributed by atoms with E-state index >= 15 is 0 Å². The van der Waals surface area contributed by atoms with E-state index in [2.05, 4.69) is 10.0 Å². The fraction of sp³-hybridized carbons (Fsp3) is 0.294. The summed E-state index contributed by atoms with van der Waals surface area (Å²) in [6.07, 6.45) is 0. The summed E-state index contributed by atoms with van der Waals surface area (Å²) in [5.41, 5.74) is 2.46. The van der Waals surface area contributed by atoms with Gasteiger partial charge in [-0.05, 0) is 31.5 Å². The first kappa shape index (κ1) is 19.0. The SMILES string of the molecule is Cc1ccc(S(=O)(=O)NCCNCc2ccc(C)c([N+](=O)[O-])c2)cc1. The summed E-state index contributed by atoms with van der Waals surface area (Å²) in [4.78, 5) is 10.7. The molecule has 0 radical (unpaired) electrons. The maximum atomic E-state index is 12.1. The lowest BCUT2D eigenvalue weighted by molar-refractivity contribution is -0.385. The highest BCUT2D eigenvalue weighted by Crippen LogP contribution is 2.19. The van der Waals surface area contributed by atoms with Crippen LogP contribution in [0.15, 0.2) is 47.4 Å². The summed E-state index contributed by atoms with van der Waals surface area (Å²) in [6, 6.07) is 11.7. The van der Waals surface area contributed by atoms with E-state index in [4.69, 9.17) is 0 Å². The topological polar surface area (TPSA) is 101 Å². The number of rotatable bonds is 8. The molecule has 0 aliphatic heterocycles. The summed E-state index contributed by atoms with van der Waals surface area (Å²) in [7, 11) is -3.53. The van der Waals surface area contributed by atoms with Crippen molar-refractivity contribution in [3.8, 4) is 0 Å². The van der Waals surface area contributed by atoms with Crippen LogP contribution in [0.5, 0.6) is 0 Å². The van der Waals surface area contributed by atoms with Crippen LogP contribution in [0.3, 0.4) is 0 Å². The summed E-state index contributed by atoms with van der Waals surface area (Å²) >= 11 is 0. The molecule has 2 aromatic rings. The maximum Gasteiger partial charge on any atom is 0.272 e. The molecular formula is C17H21N3O4S. The van der Waals surface area contributed by atoms with Crippen LogP contribution < -0.4 is 10.0 Å². The minimum Gasteiger partial charge on any atom is -0.311 e. The quantitative estimate of drug-likeness (QED) is 0.426. The van der Waals surface area contributed by atoms with Gasteiger partial charge in [-0.3, -0.25) is 10.1 Å². The molecule has 25 heavy (non-hydrogen) atoms. The number of hydrogen-bond donors (Lipinski definition) is 2. The molecule has 0 bridgehead atoms. The predicted octanol–water partition coefficient (Wildman–Crippen LogP) is 2.28. The summed E-state index contributed by atoms with van der Waals surface area (Å²) in [6.45, 7) is 4.64. The van der Waals surface area contributed by atoms with Crippen LogP contribution in [0.4, 0.5) is 5.69 Å². The molecule has 2 N–H and O–H groups in total. The fourth-order valence-corrected chi connectivity index (χ4v) is 3.30. The molecule has 0 aliphatic rings. The van der Waals surface area contributed by atoms with Gasteiger partial charge in [-0.1, -0.05) is 29.8 Å². The lowest BCUT2D eigenvalue weighted by atomic mass is 10.1. The molecule has 0 atom stereocenters. The monoisotopic (exact) mass is 363 g/mol. The molecule has 0 aromatic heterocycles. The van der Waals surface area contributed by atoms with Gasteiger partial charge in [-0.25, -0.2) is 13.1 Å². The summed E-state index contributed by atoms with van der Waals surface area (Å²) in [5, 5.41) is 14.0. The third-order valence-corrected chi connectivity index (χ3v) is 5.20. The molecule has 0 amide bonds. The first-order valence-corrected chi connectivity index (χ1v) is 9.29. The van der Waals surface area contributed by atoms with Crippen LogP contribution in [0.2, 0.25) is 0 Å². The molecule has 8 heteroatoms. The Hall–Kier alpha value is -2.29. The van der Waals surface area contributed by atoms with Crippen molar-refractivity contribution in [2.45, 2.75) is 25.3 Å². The van der Waals surface area contributed by atoms with Gasteiger partial charge < -0.3 is 5.32 Å². The van der Waals surface area contributed by atoms with Gasteiger partial charge in [0.1, 0.15) is 0 Å². The largest absolute Gasteiger partial charge is 0.311 e. The molecule has 0 saturated heterocycles. The second kappa shape index (κ2) is 8.19. The zero-order valence-corrected chi connectivity index (χ0v) is 15.0. The van der Waals surface area contributed by atoms with Crippen molar-refractivity contribution in [1.29, 1.82) is 0 Å². The fourth-order valence-electron chi connectivity index (χ4n) is 2.27. The lowest BCUT2D eigenvalue weighted by Gasteiger charge is -2.09. The number of aryl methyl sites for hydroxylation is 2. The van der Waals surface area contributed by atoms with E-state index in [1.54, 1.807) is 37.3 Å². The Morgan fingerprint density at radius 1 is 1.04 bits per heavy atom. The Morgan fingerprint density at radius 3 is 2.36 bits per heavy atom. The third kappa shape index (κ3) is 5.35. The molecule has 0 aliphatic carbocycles. The van der Waals surface area contributed by atoms with Crippen molar-refractivity contribution < 1.29 is 13.3 Å². The minimum absolute atomic E-state index is 0.0828. The highest BCUT2D eigenvalue weighted by molar-refractivity contribution is 7.89. The van der Waals surface area contributed by atoms with E-state index in [1.807, 2.05) is 13.0 Å². The summed E-state index contributed by atoms with van der Waals surface area (Å²) in [5.74, 6) is 0. The van der Waals surface area contributed by atoms with Crippen LogP contribution in [-0.2, 0) is 16.6 Å². The minimum atomic E-state index is -3.53. The Bertz CT molecular complexity index is 849. The van der Waals surface area contributed by atoms with Crippen molar-refractivity contribution in [3.63, 3.8) is 0 Å². The molecule has 2 rings (SSSR count). The predicted molar refractivity (Wildman–Crippen MR) is 95.9 cm³/mol. The van der Waals surface area contributed by atoms with Gasteiger partial charge >= 0.3 is 0 Å². The van der Waals surface area contributed by atoms with Crippen molar-refractivity contribution in [3.05, 3.63) is 69.3 Å². The molecular weight excluding hydrogens is 342 g/mol. The zero-order valence-electron chi connectivity index (χ0n) is 14.2. The molecule has 134 valence electrons. The molecule has 2 aromatic carbocycles. The van der Waals surface area contributed by atoms with Crippen molar-refractivity contribution >= 4 is 15.7 Å². The summed E-state index contributed by atoms with van der Waals surface area (Å²) < 4.78 is 26.8. The van der Waals surface area contributed by atoms with E-state index in [0.717, 1.165) is 11.1 Å². The van der Waals surface area contributed by atoms with Gasteiger partial charge in [0.15, 0.2) is 0 Å². The Balaban J connectivity index is 1.83. The van der Waals surface area contributed by atoms with Gasteiger partial charge in [-0.2, -0.15) is 0 Å². The number of sulfonamides is 1. The van der Waals surface area contributed by atoms with E-state index in [-0.39, 0.29) is 17.1 Å². The Morgan fingerprint density at radius 2 is 1.72 bits per heavy atom. The van der Waals surface area contributed by atoms with E-state index < -0.39 is 14.9 Å². The van der Waals surface area contributed by atoms with Crippen molar-refractivity contribution in [2.75, 3.05) is 13.1 Å². The lowest BCUT2D eigenvalue weighted by Crippen LogP contribution is -2.31. The first-order valence-electron chi connectivity index (χ1n) is 7.80. The normalized spacial score (nSPS) is 11.4. The smallest absolute Gasteiger partial charge is 0.272 e. The van der Waals surface area contributed by atoms with Gasteiger partial charge in [0.2, 0.25) is 10.0 Å². The van der Waals surface area contributed by atoms with Crippen LogP contribution in [0.25, 0.3) is 0 Å². The highest BCUT2D eigenvalue weighted by atomic mass is 32.2. The molecule has 0 heterocycles. The average Bonchev–Trinajstić information content (AvgIpc) is 2.56. The Kier molecular flexibility index (Phi) is 6.24. The molecule has 0 spiro atoms. The maximum absolute atomic E-state index is 12.1. The van der Waals surface area contributed by atoms with Crippen LogP contribution >= 0.6 is 0 Å². The van der Waals surface area contributed by atoms with E-state index in [1.165, 1.54) is 6.07 Å². The molecule has 0 fully saturated rings. The van der Waals surface area contributed by atoms with Gasteiger partial charge in [0, 0.05) is 31.3 Å². The van der Waals surface area contributed by atoms with Gasteiger partial charge in [0.05, 0.1) is 9.82 Å². The zero-order chi connectivity index (χ0) is 18.4.